The summed E-state index contributed by atoms with van der Waals surface area (Å²) in [6.45, 7) is 0. The van der Waals surface area contributed by atoms with Crippen molar-refractivity contribution in [3.63, 3.8) is 0 Å². The van der Waals surface area contributed by atoms with Gasteiger partial charge in [-0.25, -0.2) is 4.79 Å². The van der Waals surface area contributed by atoms with E-state index in [1.807, 2.05) is 0 Å². The first kappa shape index (κ1) is 15.3. The highest BCUT2D eigenvalue weighted by molar-refractivity contribution is 6.35. The monoisotopic (exact) mass is 349 g/mol. The fraction of sp³-hybridized carbons (Fsp3) is 0. The predicted molar refractivity (Wildman–Crippen MR) is 89.5 cm³/mol. The van der Waals surface area contributed by atoms with Gasteiger partial charge in [0.05, 0.1) is 10.4 Å². The van der Waals surface area contributed by atoms with Crippen molar-refractivity contribution in [2.75, 3.05) is 5.32 Å². The first-order valence-electron chi connectivity index (χ1n) is 6.47. The Morgan fingerprint density at radius 3 is 2.43 bits per heavy atom. The molecule has 2 aromatic carbocycles. The van der Waals surface area contributed by atoms with E-state index in [2.05, 4.69) is 5.32 Å². The number of rotatable bonds is 2. The highest BCUT2D eigenvalue weighted by Gasteiger charge is 2.13. The van der Waals surface area contributed by atoms with Crippen LogP contribution >= 0.6 is 23.2 Å². The molecule has 1 heterocycles. The van der Waals surface area contributed by atoms with Gasteiger partial charge in [0.1, 0.15) is 0 Å². The summed E-state index contributed by atoms with van der Waals surface area (Å²) in [7, 11) is 0. The van der Waals surface area contributed by atoms with Crippen LogP contribution in [0.2, 0.25) is 10.0 Å². The van der Waals surface area contributed by atoms with Crippen LogP contribution in [-0.2, 0) is 0 Å². The number of nitrogens with one attached hydrogen (secondary N) is 1. The Morgan fingerprint density at radius 1 is 1.09 bits per heavy atom. The number of nitro benzene ring substituents is 1. The van der Waals surface area contributed by atoms with Gasteiger partial charge in [-0.3, -0.25) is 14.7 Å². The Bertz CT molecular complexity index is 917. The molecule has 0 radical (unpaired) electrons. The minimum Gasteiger partial charge on any atom is -0.307 e. The maximum Gasteiger partial charge on any atom is 0.330 e. The van der Waals surface area contributed by atoms with E-state index in [9.17, 15) is 14.9 Å². The summed E-state index contributed by atoms with van der Waals surface area (Å²) in [5.74, 6) is 0. The molecule has 0 fully saturated rings. The number of halogens is 2. The molecule has 0 aliphatic rings. The number of hydrogen-bond donors (Lipinski definition) is 1. The van der Waals surface area contributed by atoms with Crippen LogP contribution in [-0.4, -0.2) is 15.5 Å². The van der Waals surface area contributed by atoms with Crippen molar-refractivity contribution in [3.8, 4) is 0 Å². The summed E-state index contributed by atoms with van der Waals surface area (Å²) in [5, 5.41) is 14.9. The number of non-ortho nitro benzene ring substituents is 1. The van der Waals surface area contributed by atoms with Crippen LogP contribution in [0.15, 0.2) is 48.7 Å². The molecule has 23 heavy (non-hydrogen) atoms. The van der Waals surface area contributed by atoms with Crippen LogP contribution in [0.5, 0.6) is 0 Å². The van der Waals surface area contributed by atoms with Crippen molar-refractivity contribution in [3.05, 3.63) is 68.8 Å². The lowest BCUT2D eigenvalue weighted by Gasteiger charge is -2.08. The van der Waals surface area contributed by atoms with E-state index in [4.69, 9.17) is 23.2 Å². The third kappa shape index (κ3) is 3.13. The minimum absolute atomic E-state index is 0.0303. The molecular formula is C15H9Cl2N3O3. The topological polar surface area (TPSA) is 77.2 Å². The molecule has 0 spiro atoms. The first-order chi connectivity index (χ1) is 10.9. The van der Waals surface area contributed by atoms with Crippen molar-refractivity contribution in [2.24, 2.45) is 0 Å². The van der Waals surface area contributed by atoms with Gasteiger partial charge in [0, 0.05) is 39.4 Å². The van der Waals surface area contributed by atoms with Gasteiger partial charge in [0.2, 0.25) is 0 Å². The van der Waals surface area contributed by atoms with Crippen LogP contribution in [0.25, 0.3) is 10.9 Å². The van der Waals surface area contributed by atoms with Crippen molar-refractivity contribution >= 4 is 51.5 Å². The molecule has 1 aromatic heterocycles. The Balaban J connectivity index is 1.93. The first-order valence-corrected chi connectivity index (χ1v) is 7.22. The summed E-state index contributed by atoms with van der Waals surface area (Å²) in [6.07, 6.45) is 1.54. The van der Waals surface area contributed by atoms with Crippen LogP contribution < -0.4 is 5.32 Å². The summed E-state index contributed by atoms with van der Waals surface area (Å²) in [6, 6.07) is 10.2. The lowest BCUT2D eigenvalue weighted by atomic mass is 10.2. The van der Waals surface area contributed by atoms with Gasteiger partial charge in [-0.15, -0.1) is 0 Å². The van der Waals surface area contributed by atoms with Crippen molar-refractivity contribution in [1.29, 1.82) is 0 Å². The van der Waals surface area contributed by atoms with Crippen molar-refractivity contribution < 1.29 is 9.72 Å². The molecule has 0 aliphatic carbocycles. The minimum atomic E-state index is -0.481. The molecule has 8 heteroatoms. The third-order valence-electron chi connectivity index (χ3n) is 3.22. The molecule has 0 bridgehead atoms. The molecule has 1 amide bonds. The van der Waals surface area contributed by atoms with Crippen LogP contribution in [0.3, 0.4) is 0 Å². The standard InChI is InChI=1S/C15H9Cl2N3O3/c16-10-6-11(17)8-12(7-10)18-15(21)19-4-3-9-5-13(20(22)23)1-2-14(9)19/h1-8H,(H,18,21). The summed E-state index contributed by atoms with van der Waals surface area (Å²) >= 11 is 11.8. The van der Waals surface area contributed by atoms with E-state index >= 15 is 0 Å². The second-order valence-electron chi connectivity index (χ2n) is 4.77. The average molecular weight is 350 g/mol. The maximum absolute atomic E-state index is 12.4. The van der Waals surface area contributed by atoms with Gasteiger partial charge in [-0.1, -0.05) is 23.2 Å². The van der Waals surface area contributed by atoms with Gasteiger partial charge in [-0.05, 0) is 30.3 Å². The Morgan fingerprint density at radius 2 is 1.78 bits per heavy atom. The van der Waals surface area contributed by atoms with E-state index in [1.165, 1.54) is 29.0 Å². The van der Waals surface area contributed by atoms with Crippen molar-refractivity contribution in [2.45, 2.75) is 0 Å². The number of carbonyl (C=O) groups excluding carboxylic acids is 1. The lowest BCUT2D eigenvalue weighted by Crippen LogP contribution is -2.18. The smallest absolute Gasteiger partial charge is 0.307 e. The van der Waals surface area contributed by atoms with E-state index in [1.54, 1.807) is 24.3 Å². The Hall–Kier alpha value is -2.57. The molecular weight excluding hydrogens is 341 g/mol. The van der Waals surface area contributed by atoms with Gasteiger partial charge >= 0.3 is 6.03 Å². The number of hydrogen-bond acceptors (Lipinski definition) is 3. The molecule has 1 N–H and O–H groups in total. The van der Waals surface area contributed by atoms with Crippen LogP contribution in [0.1, 0.15) is 0 Å². The summed E-state index contributed by atoms with van der Waals surface area (Å²) < 4.78 is 1.36. The number of fused-ring (bicyclic) bond motifs is 1. The van der Waals surface area contributed by atoms with Crippen molar-refractivity contribution in [1.82, 2.24) is 4.57 Å². The largest absolute Gasteiger partial charge is 0.330 e. The molecule has 0 aliphatic heterocycles. The second kappa shape index (κ2) is 5.91. The molecule has 3 aromatic rings. The lowest BCUT2D eigenvalue weighted by molar-refractivity contribution is -0.384. The predicted octanol–water partition coefficient (Wildman–Crippen LogP) is 4.94. The molecule has 6 nitrogen and oxygen atoms in total. The quantitative estimate of drug-likeness (QED) is 0.525. The van der Waals surface area contributed by atoms with E-state index in [0.29, 0.717) is 26.6 Å². The van der Waals surface area contributed by atoms with Gasteiger partial charge < -0.3 is 5.32 Å². The van der Waals surface area contributed by atoms with Gasteiger partial charge in [0.15, 0.2) is 0 Å². The van der Waals surface area contributed by atoms with E-state index in [-0.39, 0.29) is 5.69 Å². The number of aromatic nitrogens is 1. The molecule has 0 atom stereocenters. The average Bonchev–Trinajstić information content (AvgIpc) is 2.88. The maximum atomic E-state index is 12.4. The Labute approximate surface area is 140 Å². The molecule has 0 unspecified atom stereocenters. The van der Waals surface area contributed by atoms with Crippen LogP contribution in [0.4, 0.5) is 16.2 Å². The number of benzene rings is 2. The number of nitro groups is 1. The fourth-order valence-electron chi connectivity index (χ4n) is 2.23. The molecule has 3 rings (SSSR count). The zero-order chi connectivity index (χ0) is 16.6. The molecule has 116 valence electrons. The SMILES string of the molecule is O=C(Nc1cc(Cl)cc(Cl)c1)n1ccc2cc([N+](=O)[O-])ccc21. The molecule has 0 saturated heterocycles. The number of nitrogens with zero attached hydrogens (tertiary/aromatic N) is 2. The van der Waals surface area contributed by atoms with E-state index in [0.717, 1.165) is 0 Å². The highest BCUT2D eigenvalue weighted by atomic mass is 35.5. The zero-order valence-corrected chi connectivity index (χ0v) is 13.0. The van der Waals surface area contributed by atoms with Crippen LogP contribution in [0, 0.1) is 10.1 Å². The third-order valence-corrected chi connectivity index (χ3v) is 3.65. The summed E-state index contributed by atoms with van der Waals surface area (Å²) in [5.41, 5.74) is 0.981. The fourth-order valence-corrected chi connectivity index (χ4v) is 2.76. The van der Waals surface area contributed by atoms with E-state index < -0.39 is 11.0 Å². The number of anilines is 1. The van der Waals surface area contributed by atoms with Gasteiger partial charge in [-0.2, -0.15) is 0 Å². The molecule has 0 saturated carbocycles. The normalized spacial score (nSPS) is 10.7. The summed E-state index contributed by atoms with van der Waals surface area (Å²) in [4.78, 5) is 22.7. The number of amides is 1. The number of carbonyl (C=O) groups is 1. The second-order valence-corrected chi connectivity index (χ2v) is 5.65. The zero-order valence-electron chi connectivity index (χ0n) is 11.5. The van der Waals surface area contributed by atoms with Gasteiger partial charge in [0.25, 0.3) is 5.69 Å². The Kier molecular flexibility index (Phi) is 3.94. The highest BCUT2D eigenvalue weighted by Crippen LogP contribution is 2.24.